The Kier molecular flexibility index (Phi) is 10.9. The zero-order chi connectivity index (χ0) is 21.6. The smallest absolute Gasteiger partial charge is 0.250 e. The highest BCUT2D eigenvalue weighted by Crippen LogP contribution is 2.20. The maximum atomic E-state index is 12.1. The Morgan fingerprint density at radius 2 is 1.83 bits per heavy atom. The molecule has 0 spiro atoms. The van der Waals surface area contributed by atoms with Crippen molar-refractivity contribution in [2.45, 2.75) is 58.0 Å². The van der Waals surface area contributed by atoms with E-state index in [-0.39, 0.29) is 11.7 Å². The lowest BCUT2D eigenvalue weighted by Gasteiger charge is -2.24. The molecule has 0 radical (unpaired) electrons. The number of aromatic nitrogens is 2. The summed E-state index contributed by atoms with van der Waals surface area (Å²) in [6.07, 6.45) is 7.50. The van der Waals surface area contributed by atoms with Gasteiger partial charge in [-0.05, 0) is 25.3 Å². The summed E-state index contributed by atoms with van der Waals surface area (Å²) in [5.41, 5.74) is 4.42. The highest BCUT2D eigenvalue weighted by atomic mass is 32.2. The summed E-state index contributed by atoms with van der Waals surface area (Å²) in [7, 11) is 0. The summed E-state index contributed by atoms with van der Waals surface area (Å²) in [5.74, 6) is 1.00. The van der Waals surface area contributed by atoms with E-state index in [1.807, 2.05) is 43.3 Å². The molecule has 0 aliphatic carbocycles. The number of carbonyl (C=O) groups is 1. The van der Waals surface area contributed by atoms with Gasteiger partial charge in [-0.15, -0.1) is 0 Å². The molecule has 1 aromatic heterocycles. The van der Waals surface area contributed by atoms with Crippen LogP contribution >= 0.6 is 11.8 Å². The summed E-state index contributed by atoms with van der Waals surface area (Å²) in [5, 5.41) is 4.63. The van der Waals surface area contributed by atoms with Crippen molar-refractivity contribution in [3.8, 4) is 0 Å². The van der Waals surface area contributed by atoms with Gasteiger partial charge in [0.1, 0.15) is 5.82 Å². The molecule has 1 amide bonds. The first-order chi connectivity index (χ1) is 14.6. The number of hydrogen-bond acceptors (Lipinski definition) is 6. The predicted octanol–water partition coefficient (Wildman–Crippen LogP) is 4.82. The fourth-order valence-corrected chi connectivity index (χ4v) is 3.57. The van der Waals surface area contributed by atoms with Crippen molar-refractivity contribution in [1.29, 1.82) is 0 Å². The highest BCUT2D eigenvalue weighted by Gasteiger charge is 2.12. The van der Waals surface area contributed by atoms with E-state index in [9.17, 15) is 4.79 Å². The average molecular weight is 428 g/mol. The summed E-state index contributed by atoms with van der Waals surface area (Å²) < 4.78 is 0. The van der Waals surface area contributed by atoms with E-state index in [2.05, 4.69) is 34.3 Å². The molecule has 2 rings (SSSR count). The Morgan fingerprint density at radius 3 is 2.57 bits per heavy atom. The molecule has 2 aromatic rings. The topological polar surface area (TPSA) is 70.5 Å². The van der Waals surface area contributed by atoms with Gasteiger partial charge in [0.05, 0.1) is 12.0 Å². The molecule has 1 aromatic carbocycles. The first kappa shape index (κ1) is 23.9. The van der Waals surface area contributed by atoms with Crippen molar-refractivity contribution in [1.82, 2.24) is 15.4 Å². The van der Waals surface area contributed by atoms with E-state index in [0.29, 0.717) is 5.16 Å². The van der Waals surface area contributed by atoms with Gasteiger partial charge in [-0.25, -0.2) is 15.4 Å². The average Bonchev–Trinajstić information content (AvgIpc) is 2.75. The quantitative estimate of drug-likeness (QED) is 0.163. The third-order valence-corrected chi connectivity index (χ3v) is 5.34. The highest BCUT2D eigenvalue weighted by molar-refractivity contribution is 7.99. The van der Waals surface area contributed by atoms with E-state index in [4.69, 9.17) is 4.98 Å². The van der Waals surface area contributed by atoms with Crippen LogP contribution in [0.4, 0.5) is 5.82 Å². The number of aryl methyl sites for hydroxylation is 1. The molecular weight excluding hydrogens is 394 g/mol. The van der Waals surface area contributed by atoms with E-state index in [0.717, 1.165) is 49.4 Å². The first-order valence-corrected chi connectivity index (χ1v) is 11.7. The lowest BCUT2D eigenvalue weighted by molar-refractivity contribution is -0.118. The molecule has 0 atom stereocenters. The Bertz CT molecular complexity index is 797. The van der Waals surface area contributed by atoms with Crippen LogP contribution in [-0.4, -0.2) is 40.9 Å². The lowest BCUT2D eigenvalue weighted by atomic mass is 10.2. The van der Waals surface area contributed by atoms with Crippen LogP contribution in [0.15, 0.2) is 46.7 Å². The number of hydrogen-bond donors (Lipinski definition) is 1. The number of carbonyl (C=O) groups excluding carboxylic acids is 1. The molecule has 30 heavy (non-hydrogen) atoms. The fourth-order valence-electron chi connectivity index (χ4n) is 2.87. The summed E-state index contributed by atoms with van der Waals surface area (Å²) in [6.45, 7) is 8.40. The molecule has 6 nitrogen and oxygen atoms in total. The number of anilines is 1. The Morgan fingerprint density at radius 1 is 1.10 bits per heavy atom. The maximum absolute atomic E-state index is 12.1. The van der Waals surface area contributed by atoms with Crippen LogP contribution in [0, 0.1) is 6.92 Å². The molecule has 0 saturated heterocycles. The second-order valence-corrected chi connectivity index (χ2v) is 8.13. The van der Waals surface area contributed by atoms with Gasteiger partial charge < -0.3 is 4.90 Å². The minimum Gasteiger partial charge on any atom is -0.356 e. The van der Waals surface area contributed by atoms with Gasteiger partial charge in [0.15, 0.2) is 5.16 Å². The molecule has 0 unspecified atom stereocenters. The molecule has 0 bridgehead atoms. The summed E-state index contributed by atoms with van der Waals surface area (Å²) >= 11 is 1.34. The fraction of sp³-hybridized carbons (Fsp3) is 0.478. The summed E-state index contributed by atoms with van der Waals surface area (Å²) in [4.78, 5) is 23.7. The van der Waals surface area contributed by atoms with Gasteiger partial charge in [-0.2, -0.15) is 5.10 Å². The number of thioether (sulfide) groups is 1. The molecule has 0 saturated carbocycles. The lowest BCUT2D eigenvalue weighted by Crippen LogP contribution is -2.27. The molecule has 0 fully saturated rings. The second kappa shape index (κ2) is 13.7. The summed E-state index contributed by atoms with van der Waals surface area (Å²) in [6, 6.07) is 11.7. The number of benzene rings is 1. The van der Waals surface area contributed by atoms with Crippen LogP contribution in [0.3, 0.4) is 0 Å². The van der Waals surface area contributed by atoms with Crippen LogP contribution in [0.1, 0.15) is 57.2 Å². The van der Waals surface area contributed by atoms with Crippen molar-refractivity contribution in [3.05, 3.63) is 47.7 Å². The number of unbranched alkanes of at least 4 members (excludes halogenated alkanes) is 3. The van der Waals surface area contributed by atoms with Crippen molar-refractivity contribution in [2.75, 3.05) is 23.7 Å². The van der Waals surface area contributed by atoms with Crippen molar-refractivity contribution >= 4 is 29.7 Å². The van der Waals surface area contributed by atoms with Gasteiger partial charge >= 0.3 is 0 Å². The molecule has 0 aliphatic rings. The predicted molar refractivity (Wildman–Crippen MR) is 126 cm³/mol. The van der Waals surface area contributed by atoms with Gasteiger partial charge in [-0.1, -0.05) is 75.2 Å². The monoisotopic (exact) mass is 427 g/mol. The van der Waals surface area contributed by atoms with Crippen LogP contribution in [-0.2, 0) is 4.79 Å². The zero-order valence-electron chi connectivity index (χ0n) is 18.3. The Hall–Kier alpha value is -2.41. The number of nitrogens with zero attached hydrogens (tertiary/aromatic N) is 4. The first-order valence-electron chi connectivity index (χ1n) is 10.7. The van der Waals surface area contributed by atoms with Crippen LogP contribution in [0.25, 0.3) is 0 Å². The number of amides is 1. The van der Waals surface area contributed by atoms with Crippen molar-refractivity contribution < 1.29 is 4.79 Å². The van der Waals surface area contributed by atoms with Crippen molar-refractivity contribution in [2.24, 2.45) is 5.10 Å². The molecular formula is C23H33N5OS. The van der Waals surface area contributed by atoms with Gasteiger partial charge in [0.2, 0.25) is 0 Å². The Labute approximate surface area is 184 Å². The molecule has 162 valence electrons. The van der Waals surface area contributed by atoms with E-state index < -0.39 is 0 Å². The van der Waals surface area contributed by atoms with Crippen LogP contribution < -0.4 is 10.3 Å². The number of hydrazone groups is 1. The number of nitrogens with one attached hydrogen (secondary N) is 1. The van der Waals surface area contributed by atoms with Crippen molar-refractivity contribution in [3.63, 3.8) is 0 Å². The second-order valence-electron chi connectivity index (χ2n) is 7.19. The third kappa shape index (κ3) is 8.95. The van der Waals surface area contributed by atoms with E-state index >= 15 is 0 Å². The van der Waals surface area contributed by atoms with Gasteiger partial charge in [0.25, 0.3) is 5.91 Å². The van der Waals surface area contributed by atoms with E-state index in [1.165, 1.54) is 24.6 Å². The minimum atomic E-state index is -0.176. The zero-order valence-corrected chi connectivity index (χ0v) is 19.1. The number of rotatable bonds is 13. The SMILES string of the molecule is CCCCCN(CCCC)c1cc(C)nc(SCC(=O)NN=Cc2ccccc2)n1. The maximum Gasteiger partial charge on any atom is 0.250 e. The van der Waals surface area contributed by atoms with Crippen LogP contribution in [0.2, 0.25) is 0 Å². The Balaban J connectivity index is 1.94. The largest absolute Gasteiger partial charge is 0.356 e. The minimum absolute atomic E-state index is 0.176. The third-order valence-electron chi connectivity index (χ3n) is 4.49. The molecule has 1 heterocycles. The van der Waals surface area contributed by atoms with E-state index in [1.54, 1.807) is 6.21 Å². The normalized spacial score (nSPS) is 11.0. The molecule has 1 N–H and O–H groups in total. The molecule has 0 aliphatic heterocycles. The van der Waals surface area contributed by atoms with Crippen LogP contribution in [0.5, 0.6) is 0 Å². The molecule has 7 heteroatoms. The standard InChI is InChI=1S/C23H33N5OS/c1-4-6-11-15-28(14-7-5-2)21-16-19(3)25-23(26-21)30-18-22(29)27-24-17-20-12-9-8-10-13-20/h8-10,12-13,16-17H,4-7,11,14-15,18H2,1-3H3,(H,27,29). The van der Waals surface area contributed by atoms with Gasteiger partial charge in [0, 0.05) is 24.8 Å². The van der Waals surface area contributed by atoms with Gasteiger partial charge in [-0.3, -0.25) is 4.79 Å².